The summed E-state index contributed by atoms with van der Waals surface area (Å²) in [5, 5.41) is 3.10. The molecule has 1 heterocycles. The Balaban J connectivity index is 0.00000484. The van der Waals surface area contributed by atoms with E-state index in [1.165, 1.54) is 24.2 Å². The van der Waals surface area contributed by atoms with E-state index < -0.39 is 17.3 Å². The van der Waals surface area contributed by atoms with Crippen LogP contribution in [0.15, 0.2) is 71.6 Å². The highest BCUT2D eigenvalue weighted by Gasteiger charge is 2.42. The quantitative estimate of drug-likeness (QED) is 0.201. The smallest absolute Gasteiger partial charge is 0.303 e. The maximum Gasteiger partial charge on any atom is 0.303 e. The van der Waals surface area contributed by atoms with Crippen molar-refractivity contribution in [2.24, 2.45) is 0 Å². The number of amides is 1. The Hall–Kier alpha value is -3.40. The summed E-state index contributed by atoms with van der Waals surface area (Å²) in [6.45, 7) is 4.71. The van der Waals surface area contributed by atoms with Gasteiger partial charge in [-0.15, -0.1) is 24.2 Å². The van der Waals surface area contributed by atoms with Crippen LogP contribution in [0.1, 0.15) is 36.6 Å². The van der Waals surface area contributed by atoms with E-state index in [4.69, 9.17) is 18.9 Å². The molecule has 0 aliphatic carbocycles. The first-order chi connectivity index (χ1) is 19.9. The van der Waals surface area contributed by atoms with Crippen molar-refractivity contribution in [1.29, 1.82) is 0 Å². The van der Waals surface area contributed by atoms with Gasteiger partial charge in [0, 0.05) is 24.4 Å². The minimum absolute atomic E-state index is 0. The third-order valence-corrected chi connectivity index (χ3v) is 8.39. The number of esters is 1. The molecule has 2 unspecified atom stereocenters. The SMILES string of the molecule is COc1ccc(C2Sc3ccccc3N([C@@H](C)CNCCCc3ccc(OC)c(OC)c3)C(=O)C2OC(C)=O)cc1.Cl. The zero-order valence-electron chi connectivity index (χ0n) is 24.6. The Morgan fingerprint density at radius 2 is 1.69 bits per heavy atom. The summed E-state index contributed by atoms with van der Waals surface area (Å²) < 4.78 is 21.8. The van der Waals surface area contributed by atoms with Crippen LogP contribution in [-0.4, -0.2) is 58.4 Å². The summed E-state index contributed by atoms with van der Waals surface area (Å²) >= 11 is 1.53. The largest absolute Gasteiger partial charge is 0.497 e. The Labute approximate surface area is 258 Å². The van der Waals surface area contributed by atoms with Gasteiger partial charge in [0.15, 0.2) is 17.6 Å². The molecule has 0 aromatic heterocycles. The summed E-state index contributed by atoms with van der Waals surface area (Å²) in [7, 11) is 4.87. The van der Waals surface area contributed by atoms with Gasteiger partial charge < -0.3 is 29.2 Å². The minimum Gasteiger partial charge on any atom is -0.497 e. The highest BCUT2D eigenvalue weighted by molar-refractivity contribution is 7.99. The summed E-state index contributed by atoms with van der Waals surface area (Å²) in [5.74, 6) is 1.42. The van der Waals surface area contributed by atoms with E-state index in [0.29, 0.717) is 12.3 Å². The summed E-state index contributed by atoms with van der Waals surface area (Å²) in [6, 6.07) is 21.2. The second kappa shape index (κ2) is 15.7. The Bertz CT molecular complexity index is 1340. The van der Waals surface area contributed by atoms with Crippen molar-refractivity contribution in [1.82, 2.24) is 5.32 Å². The molecule has 8 nitrogen and oxygen atoms in total. The molecule has 0 saturated heterocycles. The average molecular weight is 615 g/mol. The second-order valence-electron chi connectivity index (χ2n) is 9.86. The fraction of sp³-hybridized carbons (Fsp3) is 0.375. The number of carbonyl (C=O) groups is 2. The standard InChI is InChI=1S/C32H38N2O6S.ClH/c1-21(20-33-18-8-9-23-12-17-27(38-4)28(19-23)39-5)34-26-10-6-7-11-29(26)41-31(30(32(34)36)40-22(2)35)24-13-15-25(37-3)16-14-24;/h6-7,10-17,19,21,30-31,33H,8-9,18,20H2,1-5H3;1H/t21-,30?,31?;/m0./s1. The first-order valence-electron chi connectivity index (χ1n) is 13.7. The molecular formula is C32H39ClN2O6S. The van der Waals surface area contributed by atoms with Gasteiger partial charge in [0.25, 0.3) is 5.91 Å². The molecule has 10 heteroatoms. The molecular weight excluding hydrogens is 576 g/mol. The maximum absolute atomic E-state index is 14.1. The fourth-order valence-electron chi connectivity index (χ4n) is 4.98. The lowest BCUT2D eigenvalue weighted by Gasteiger charge is -2.32. The number of thioether (sulfide) groups is 1. The highest BCUT2D eigenvalue weighted by atomic mass is 35.5. The predicted molar refractivity (Wildman–Crippen MR) is 169 cm³/mol. The molecule has 0 saturated carbocycles. The van der Waals surface area contributed by atoms with Gasteiger partial charge in [0.2, 0.25) is 0 Å². The molecule has 0 fully saturated rings. The number of rotatable bonds is 12. The zero-order valence-corrected chi connectivity index (χ0v) is 26.3. The number of fused-ring (bicyclic) bond motifs is 1. The summed E-state index contributed by atoms with van der Waals surface area (Å²) in [6.07, 6.45) is 0.811. The topological polar surface area (TPSA) is 86.3 Å². The monoisotopic (exact) mass is 614 g/mol. The van der Waals surface area contributed by atoms with Gasteiger partial charge in [-0.05, 0) is 73.8 Å². The summed E-state index contributed by atoms with van der Waals surface area (Å²) in [4.78, 5) is 29.1. The van der Waals surface area contributed by atoms with Crippen molar-refractivity contribution in [3.05, 3.63) is 77.9 Å². The van der Waals surface area contributed by atoms with Gasteiger partial charge in [0.1, 0.15) is 5.75 Å². The third-order valence-electron chi connectivity index (χ3n) is 7.02. The van der Waals surface area contributed by atoms with E-state index in [1.54, 1.807) is 26.2 Å². The van der Waals surface area contributed by atoms with E-state index in [1.807, 2.05) is 73.7 Å². The van der Waals surface area contributed by atoms with Crippen LogP contribution >= 0.6 is 24.2 Å². The van der Waals surface area contributed by atoms with E-state index in [0.717, 1.165) is 47.0 Å². The molecule has 42 heavy (non-hydrogen) atoms. The van der Waals surface area contributed by atoms with E-state index in [9.17, 15) is 9.59 Å². The molecule has 1 amide bonds. The number of halogens is 1. The first kappa shape index (κ1) is 33.1. The number of carbonyl (C=O) groups excluding carboxylic acids is 2. The van der Waals surface area contributed by atoms with Crippen LogP contribution in [0.4, 0.5) is 5.69 Å². The van der Waals surface area contributed by atoms with E-state index >= 15 is 0 Å². The van der Waals surface area contributed by atoms with Gasteiger partial charge in [-0.3, -0.25) is 9.59 Å². The highest BCUT2D eigenvalue weighted by Crippen LogP contribution is 2.47. The molecule has 0 bridgehead atoms. The van der Waals surface area contributed by atoms with Crippen LogP contribution in [0.5, 0.6) is 17.2 Å². The molecule has 0 radical (unpaired) electrons. The number of hydrogen-bond donors (Lipinski definition) is 1. The third kappa shape index (κ3) is 7.91. The van der Waals surface area contributed by atoms with Gasteiger partial charge in [-0.25, -0.2) is 0 Å². The van der Waals surface area contributed by atoms with Crippen LogP contribution in [0, 0.1) is 0 Å². The van der Waals surface area contributed by atoms with Crippen LogP contribution in [0.2, 0.25) is 0 Å². The number of aryl methyl sites for hydroxylation is 1. The number of nitrogens with one attached hydrogen (secondary N) is 1. The van der Waals surface area contributed by atoms with Crippen molar-refractivity contribution >= 4 is 41.7 Å². The number of para-hydroxylation sites is 1. The lowest BCUT2D eigenvalue weighted by Crippen LogP contribution is -2.50. The van der Waals surface area contributed by atoms with Crippen LogP contribution < -0.4 is 24.4 Å². The molecule has 226 valence electrons. The van der Waals surface area contributed by atoms with Crippen molar-refractivity contribution < 1.29 is 28.5 Å². The number of ether oxygens (including phenoxy) is 4. The summed E-state index contributed by atoms with van der Waals surface area (Å²) in [5.41, 5.74) is 2.86. The van der Waals surface area contributed by atoms with E-state index in [2.05, 4.69) is 5.32 Å². The lowest BCUT2D eigenvalue weighted by molar-refractivity contribution is -0.153. The number of methoxy groups -OCH3 is 3. The minimum atomic E-state index is -0.981. The molecule has 1 aliphatic heterocycles. The van der Waals surface area contributed by atoms with Crippen molar-refractivity contribution in [3.63, 3.8) is 0 Å². The van der Waals surface area contributed by atoms with Crippen molar-refractivity contribution in [2.75, 3.05) is 39.3 Å². The number of anilines is 1. The molecule has 3 atom stereocenters. The van der Waals surface area contributed by atoms with Crippen LogP contribution in [0.3, 0.4) is 0 Å². The lowest BCUT2D eigenvalue weighted by atomic mass is 10.0. The van der Waals surface area contributed by atoms with Crippen LogP contribution in [-0.2, 0) is 20.7 Å². The predicted octanol–water partition coefficient (Wildman–Crippen LogP) is 5.86. The molecule has 3 aromatic carbocycles. The Kier molecular flexibility index (Phi) is 12.4. The molecule has 3 aromatic rings. The normalized spacial score (nSPS) is 16.9. The van der Waals surface area contributed by atoms with Crippen LogP contribution in [0.25, 0.3) is 0 Å². The number of hydrogen-bond acceptors (Lipinski definition) is 8. The molecule has 1 N–H and O–H groups in total. The average Bonchev–Trinajstić information content (AvgIpc) is 3.10. The Morgan fingerprint density at radius 1 is 0.976 bits per heavy atom. The Morgan fingerprint density at radius 3 is 2.36 bits per heavy atom. The fourth-order valence-corrected chi connectivity index (χ4v) is 6.28. The molecule has 1 aliphatic rings. The zero-order chi connectivity index (χ0) is 29.4. The van der Waals surface area contributed by atoms with Gasteiger partial charge in [-0.2, -0.15) is 0 Å². The first-order valence-corrected chi connectivity index (χ1v) is 14.6. The second-order valence-corrected chi connectivity index (χ2v) is 11.0. The molecule has 0 spiro atoms. The van der Waals surface area contributed by atoms with E-state index in [-0.39, 0.29) is 24.4 Å². The van der Waals surface area contributed by atoms with Crippen molar-refractivity contribution in [3.8, 4) is 17.2 Å². The number of nitrogens with zero attached hydrogens (tertiary/aromatic N) is 1. The van der Waals surface area contributed by atoms with Gasteiger partial charge >= 0.3 is 5.97 Å². The van der Waals surface area contributed by atoms with Gasteiger partial charge in [0.05, 0.1) is 32.3 Å². The van der Waals surface area contributed by atoms with Gasteiger partial charge in [-0.1, -0.05) is 30.3 Å². The number of benzene rings is 3. The molecule has 4 rings (SSSR count). The maximum atomic E-state index is 14.1. The van der Waals surface area contributed by atoms with Crippen molar-refractivity contribution in [2.45, 2.75) is 49.0 Å².